The van der Waals surface area contributed by atoms with Crippen LogP contribution in [0.15, 0.2) is 38.7 Å². The summed E-state index contributed by atoms with van der Waals surface area (Å²) in [5.41, 5.74) is 0. The lowest BCUT2D eigenvalue weighted by atomic mass is 10.2. The molecule has 2 rings (SSSR count). The number of halogens is 1. The Morgan fingerprint density at radius 2 is 2.06 bits per heavy atom. The van der Waals surface area contributed by atoms with Gasteiger partial charge in [-0.3, -0.25) is 0 Å². The lowest BCUT2D eigenvalue weighted by Crippen LogP contribution is -2.21. The molecule has 0 aliphatic carbocycles. The van der Waals surface area contributed by atoms with Crippen LogP contribution in [0, 0.1) is 0 Å². The molecule has 16 heavy (non-hydrogen) atoms. The Morgan fingerprint density at radius 1 is 1.25 bits per heavy atom. The van der Waals surface area contributed by atoms with Crippen molar-refractivity contribution in [2.75, 3.05) is 0 Å². The molecule has 0 bridgehead atoms. The molecule has 2 aromatic rings. The molecule has 1 unspecified atom stereocenters. The van der Waals surface area contributed by atoms with Crippen LogP contribution < -0.4 is 5.32 Å². The zero-order chi connectivity index (χ0) is 11.5. The predicted molar refractivity (Wildman–Crippen MR) is 70.7 cm³/mol. The number of thiophene rings is 1. The zero-order valence-corrected chi connectivity index (χ0v) is 11.6. The standard InChI is InChI=1S/C12H14BrNOS/c1-8(10-4-3-7-15-10)14-9(2)11-5-6-12(13)16-11/h3-9,14H,1-2H3/t8-,9?/m1/s1. The minimum atomic E-state index is 0.228. The van der Waals surface area contributed by atoms with Crippen LogP contribution in [0.1, 0.15) is 36.6 Å². The Morgan fingerprint density at radius 3 is 2.62 bits per heavy atom. The summed E-state index contributed by atoms with van der Waals surface area (Å²) in [6.07, 6.45) is 1.71. The van der Waals surface area contributed by atoms with E-state index in [0.29, 0.717) is 6.04 Å². The van der Waals surface area contributed by atoms with Crippen molar-refractivity contribution in [1.82, 2.24) is 5.32 Å². The molecule has 86 valence electrons. The largest absolute Gasteiger partial charge is 0.468 e. The second kappa shape index (κ2) is 5.17. The molecule has 2 atom stereocenters. The summed E-state index contributed by atoms with van der Waals surface area (Å²) in [6, 6.07) is 8.69. The summed E-state index contributed by atoms with van der Waals surface area (Å²) in [6.45, 7) is 4.27. The van der Waals surface area contributed by atoms with E-state index >= 15 is 0 Å². The van der Waals surface area contributed by atoms with Gasteiger partial charge in [0, 0.05) is 10.9 Å². The minimum Gasteiger partial charge on any atom is -0.468 e. The van der Waals surface area contributed by atoms with E-state index in [9.17, 15) is 0 Å². The summed E-state index contributed by atoms with van der Waals surface area (Å²) < 4.78 is 6.54. The predicted octanol–water partition coefficient (Wildman–Crippen LogP) is 4.52. The van der Waals surface area contributed by atoms with Gasteiger partial charge in [-0.15, -0.1) is 11.3 Å². The zero-order valence-electron chi connectivity index (χ0n) is 9.24. The van der Waals surface area contributed by atoms with Crippen LogP contribution in [0.5, 0.6) is 0 Å². The van der Waals surface area contributed by atoms with Gasteiger partial charge in [-0.25, -0.2) is 0 Å². The van der Waals surface area contributed by atoms with Gasteiger partial charge in [0.2, 0.25) is 0 Å². The molecule has 0 saturated carbocycles. The Bertz CT molecular complexity index is 438. The molecule has 0 aliphatic rings. The van der Waals surface area contributed by atoms with Gasteiger partial charge in [-0.1, -0.05) is 0 Å². The van der Waals surface area contributed by atoms with E-state index < -0.39 is 0 Å². The minimum absolute atomic E-state index is 0.228. The van der Waals surface area contributed by atoms with Gasteiger partial charge in [0.1, 0.15) is 5.76 Å². The third-order valence-corrected chi connectivity index (χ3v) is 4.30. The summed E-state index contributed by atoms with van der Waals surface area (Å²) >= 11 is 5.24. The maximum absolute atomic E-state index is 5.37. The van der Waals surface area contributed by atoms with Crippen molar-refractivity contribution < 1.29 is 4.42 Å². The lowest BCUT2D eigenvalue weighted by molar-refractivity contribution is 0.405. The first-order valence-electron chi connectivity index (χ1n) is 5.21. The van der Waals surface area contributed by atoms with E-state index in [-0.39, 0.29) is 6.04 Å². The van der Waals surface area contributed by atoms with Crippen molar-refractivity contribution in [3.8, 4) is 0 Å². The quantitative estimate of drug-likeness (QED) is 0.898. The molecule has 2 heterocycles. The Balaban J connectivity index is 2.00. The fourth-order valence-corrected chi connectivity index (χ4v) is 3.07. The molecule has 0 spiro atoms. The molecule has 0 radical (unpaired) electrons. The fraction of sp³-hybridized carbons (Fsp3) is 0.333. The molecule has 1 N–H and O–H groups in total. The lowest BCUT2D eigenvalue weighted by Gasteiger charge is -2.17. The van der Waals surface area contributed by atoms with Gasteiger partial charge in [0.05, 0.1) is 16.1 Å². The van der Waals surface area contributed by atoms with Crippen LogP contribution in [-0.4, -0.2) is 0 Å². The van der Waals surface area contributed by atoms with Crippen LogP contribution in [0.25, 0.3) is 0 Å². The van der Waals surface area contributed by atoms with E-state index in [1.807, 2.05) is 12.1 Å². The molecular weight excluding hydrogens is 286 g/mol. The van der Waals surface area contributed by atoms with Crippen LogP contribution in [0.3, 0.4) is 0 Å². The molecule has 0 aliphatic heterocycles. The normalized spacial score (nSPS) is 14.9. The van der Waals surface area contributed by atoms with Gasteiger partial charge in [-0.05, 0) is 54.0 Å². The van der Waals surface area contributed by atoms with Crippen LogP contribution in [0.4, 0.5) is 0 Å². The van der Waals surface area contributed by atoms with Gasteiger partial charge in [0.15, 0.2) is 0 Å². The highest BCUT2D eigenvalue weighted by atomic mass is 79.9. The highest BCUT2D eigenvalue weighted by Gasteiger charge is 2.14. The number of furan rings is 1. The summed E-state index contributed by atoms with van der Waals surface area (Å²) in [5.74, 6) is 0.975. The van der Waals surface area contributed by atoms with Crippen molar-refractivity contribution >= 4 is 27.3 Å². The molecule has 4 heteroatoms. The van der Waals surface area contributed by atoms with E-state index in [1.165, 1.54) is 8.66 Å². The first kappa shape index (κ1) is 11.9. The van der Waals surface area contributed by atoms with Crippen molar-refractivity contribution in [2.24, 2.45) is 0 Å². The topological polar surface area (TPSA) is 25.2 Å². The molecule has 0 aromatic carbocycles. The third-order valence-electron chi connectivity index (χ3n) is 2.49. The average Bonchev–Trinajstić information content (AvgIpc) is 2.87. The average molecular weight is 300 g/mol. The number of hydrogen-bond acceptors (Lipinski definition) is 3. The smallest absolute Gasteiger partial charge is 0.120 e. The summed E-state index contributed by atoms with van der Waals surface area (Å²) in [5, 5.41) is 3.51. The first-order valence-corrected chi connectivity index (χ1v) is 6.82. The Labute approximate surface area is 108 Å². The molecule has 2 nitrogen and oxygen atoms in total. The second-order valence-corrected chi connectivity index (χ2v) is 6.26. The van der Waals surface area contributed by atoms with E-state index in [1.54, 1.807) is 17.6 Å². The second-order valence-electron chi connectivity index (χ2n) is 3.77. The monoisotopic (exact) mass is 299 g/mol. The van der Waals surface area contributed by atoms with Crippen molar-refractivity contribution in [3.05, 3.63) is 45.0 Å². The Kier molecular flexibility index (Phi) is 3.84. The van der Waals surface area contributed by atoms with Gasteiger partial charge < -0.3 is 9.73 Å². The number of hydrogen-bond donors (Lipinski definition) is 1. The molecule has 0 fully saturated rings. The third kappa shape index (κ3) is 2.75. The van der Waals surface area contributed by atoms with Crippen molar-refractivity contribution in [2.45, 2.75) is 25.9 Å². The van der Waals surface area contributed by atoms with Crippen LogP contribution in [-0.2, 0) is 0 Å². The number of rotatable bonds is 4. The van der Waals surface area contributed by atoms with E-state index in [0.717, 1.165) is 5.76 Å². The molecule has 0 amide bonds. The SMILES string of the molecule is CC(N[C@H](C)c1ccco1)c1ccc(Br)s1. The van der Waals surface area contributed by atoms with Crippen molar-refractivity contribution in [1.29, 1.82) is 0 Å². The first-order chi connectivity index (χ1) is 7.66. The number of nitrogens with one attached hydrogen (secondary N) is 1. The fourth-order valence-electron chi connectivity index (χ4n) is 1.64. The summed E-state index contributed by atoms with van der Waals surface area (Å²) in [7, 11) is 0. The maximum atomic E-state index is 5.37. The van der Waals surface area contributed by atoms with E-state index in [2.05, 4.69) is 47.2 Å². The molecular formula is C12H14BrNOS. The highest BCUT2D eigenvalue weighted by Crippen LogP contribution is 2.28. The van der Waals surface area contributed by atoms with Crippen molar-refractivity contribution in [3.63, 3.8) is 0 Å². The molecule has 2 aromatic heterocycles. The van der Waals surface area contributed by atoms with Gasteiger partial charge in [-0.2, -0.15) is 0 Å². The van der Waals surface area contributed by atoms with Crippen LogP contribution >= 0.6 is 27.3 Å². The van der Waals surface area contributed by atoms with Crippen LogP contribution in [0.2, 0.25) is 0 Å². The highest BCUT2D eigenvalue weighted by molar-refractivity contribution is 9.11. The van der Waals surface area contributed by atoms with E-state index in [4.69, 9.17) is 4.42 Å². The van der Waals surface area contributed by atoms with Gasteiger partial charge >= 0.3 is 0 Å². The Hall–Kier alpha value is -0.580. The van der Waals surface area contributed by atoms with Gasteiger partial charge in [0.25, 0.3) is 0 Å². The maximum Gasteiger partial charge on any atom is 0.120 e. The summed E-state index contributed by atoms with van der Waals surface area (Å²) in [4.78, 5) is 1.32. The molecule has 0 saturated heterocycles.